The van der Waals surface area contributed by atoms with Gasteiger partial charge < -0.3 is 9.80 Å². The second kappa shape index (κ2) is 8.70. The molecule has 11 heteroatoms. The Kier molecular flexibility index (Phi) is 6.44. The molecule has 0 unspecified atom stereocenters. The van der Waals surface area contributed by atoms with Gasteiger partial charge in [-0.25, -0.2) is 8.42 Å². The maximum Gasteiger partial charge on any atom is 0.270 e. The van der Waals surface area contributed by atoms with Crippen LogP contribution < -0.4 is 4.90 Å². The first-order valence-corrected chi connectivity index (χ1v) is 11.4. The predicted molar refractivity (Wildman–Crippen MR) is 116 cm³/mol. The van der Waals surface area contributed by atoms with Crippen LogP contribution >= 0.6 is 15.9 Å². The number of carbonyl (C=O) groups excluding carboxylic acids is 1. The van der Waals surface area contributed by atoms with Gasteiger partial charge in [-0.3, -0.25) is 14.9 Å². The Labute approximate surface area is 183 Å². The molecular weight excluding hydrogens is 476 g/mol. The second-order valence-corrected chi connectivity index (χ2v) is 9.86. The van der Waals surface area contributed by atoms with Crippen LogP contribution in [0.25, 0.3) is 0 Å². The Balaban J connectivity index is 1.79. The summed E-state index contributed by atoms with van der Waals surface area (Å²) in [6, 6.07) is 10.6. The summed E-state index contributed by atoms with van der Waals surface area (Å²) in [6.45, 7) is 0.683. The number of nitrogens with zero attached hydrogens (tertiary/aromatic N) is 4. The third kappa shape index (κ3) is 4.47. The fourth-order valence-corrected chi connectivity index (χ4v) is 5.30. The van der Waals surface area contributed by atoms with Crippen molar-refractivity contribution in [3.8, 4) is 0 Å². The summed E-state index contributed by atoms with van der Waals surface area (Å²) < 4.78 is 27.8. The lowest BCUT2D eigenvalue weighted by Gasteiger charge is -2.34. The molecule has 9 nitrogen and oxygen atoms in total. The molecule has 0 bridgehead atoms. The molecule has 0 aliphatic carbocycles. The zero-order valence-electron chi connectivity index (χ0n) is 16.5. The highest BCUT2D eigenvalue weighted by molar-refractivity contribution is 9.10. The first-order chi connectivity index (χ1) is 14.1. The average Bonchev–Trinajstić information content (AvgIpc) is 2.72. The molecule has 0 aromatic heterocycles. The number of rotatable bonds is 5. The molecule has 2 aromatic rings. The van der Waals surface area contributed by atoms with E-state index >= 15 is 0 Å². The van der Waals surface area contributed by atoms with Crippen molar-refractivity contribution in [3.05, 3.63) is 62.6 Å². The number of benzene rings is 2. The first-order valence-electron chi connectivity index (χ1n) is 9.12. The fraction of sp³-hybridized carbons (Fsp3) is 0.316. The van der Waals surface area contributed by atoms with Crippen molar-refractivity contribution >= 4 is 43.2 Å². The topological polar surface area (TPSA) is 104 Å². The van der Waals surface area contributed by atoms with Crippen LogP contribution in [0.3, 0.4) is 0 Å². The number of anilines is 1. The normalized spacial score (nSPS) is 15.1. The summed E-state index contributed by atoms with van der Waals surface area (Å²) in [4.78, 5) is 27.1. The Morgan fingerprint density at radius 3 is 2.33 bits per heavy atom. The van der Waals surface area contributed by atoms with Crippen LogP contribution in [-0.2, 0) is 10.0 Å². The third-order valence-electron chi connectivity index (χ3n) is 4.86. The van der Waals surface area contributed by atoms with Gasteiger partial charge in [0, 0.05) is 62.6 Å². The van der Waals surface area contributed by atoms with Gasteiger partial charge in [0.1, 0.15) is 0 Å². The second-order valence-electron chi connectivity index (χ2n) is 7.01. The summed E-state index contributed by atoms with van der Waals surface area (Å²) in [5.41, 5.74) is 0.618. The minimum absolute atomic E-state index is 0.146. The Bertz CT molecular complexity index is 1080. The van der Waals surface area contributed by atoms with Crippen molar-refractivity contribution in [2.45, 2.75) is 4.90 Å². The summed E-state index contributed by atoms with van der Waals surface area (Å²) in [6.07, 6.45) is 0. The molecule has 0 radical (unpaired) electrons. The number of piperazine rings is 1. The van der Waals surface area contributed by atoms with Crippen molar-refractivity contribution < 1.29 is 18.1 Å². The maximum absolute atomic E-state index is 13.1. The molecule has 0 spiro atoms. The minimum atomic E-state index is -3.67. The van der Waals surface area contributed by atoms with Crippen LogP contribution in [-0.4, -0.2) is 68.7 Å². The van der Waals surface area contributed by atoms with E-state index in [2.05, 4.69) is 15.9 Å². The smallest absolute Gasteiger partial charge is 0.270 e. The van der Waals surface area contributed by atoms with Gasteiger partial charge >= 0.3 is 0 Å². The van der Waals surface area contributed by atoms with Crippen LogP contribution in [0, 0.1) is 10.1 Å². The van der Waals surface area contributed by atoms with E-state index in [1.165, 1.54) is 27.4 Å². The molecule has 1 aliphatic rings. The first kappa shape index (κ1) is 22.2. The molecular formula is C19H21BrN4O5S. The van der Waals surface area contributed by atoms with E-state index < -0.39 is 14.9 Å². The molecule has 0 N–H and O–H groups in total. The van der Waals surface area contributed by atoms with Crippen LogP contribution in [0.1, 0.15) is 10.4 Å². The van der Waals surface area contributed by atoms with Gasteiger partial charge in [-0.05, 0) is 24.3 Å². The molecule has 0 atom stereocenters. The lowest BCUT2D eigenvalue weighted by molar-refractivity contribution is -0.384. The molecule has 1 fully saturated rings. The number of nitro benzene ring substituents is 1. The standard InChI is InChI=1S/C19H21BrN4O5S/c1-21(2)18-7-6-15(24(26)27)13-17(18)19(25)22-8-10-23(11-9-22)30(28,29)16-5-3-4-14(20)12-16/h3-7,12-13H,8-11H2,1-2H3. The fourth-order valence-electron chi connectivity index (χ4n) is 3.28. The zero-order valence-corrected chi connectivity index (χ0v) is 18.9. The SMILES string of the molecule is CN(C)c1ccc([N+](=O)[O-])cc1C(=O)N1CCN(S(=O)(=O)c2cccc(Br)c2)CC1. The van der Waals surface area contributed by atoms with Crippen LogP contribution in [0.5, 0.6) is 0 Å². The van der Waals surface area contributed by atoms with E-state index in [0.29, 0.717) is 10.2 Å². The molecule has 1 heterocycles. The van der Waals surface area contributed by atoms with Gasteiger partial charge in [-0.2, -0.15) is 4.31 Å². The third-order valence-corrected chi connectivity index (χ3v) is 7.25. The summed E-state index contributed by atoms with van der Waals surface area (Å²) in [7, 11) is -0.169. The number of hydrogen-bond acceptors (Lipinski definition) is 6. The maximum atomic E-state index is 13.1. The lowest BCUT2D eigenvalue weighted by Crippen LogP contribution is -2.50. The highest BCUT2D eigenvalue weighted by Gasteiger charge is 2.31. The minimum Gasteiger partial charge on any atom is -0.377 e. The molecule has 1 amide bonds. The molecule has 0 saturated carbocycles. The highest BCUT2D eigenvalue weighted by Crippen LogP contribution is 2.27. The van der Waals surface area contributed by atoms with Crippen molar-refractivity contribution in [2.75, 3.05) is 45.2 Å². The molecule has 30 heavy (non-hydrogen) atoms. The molecule has 2 aromatic carbocycles. The van der Waals surface area contributed by atoms with E-state index in [1.807, 2.05) is 0 Å². The van der Waals surface area contributed by atoms with E-state index in [1.54, 1.807) is 43.3 Å². The summed E-state index contributed by atoms with van der Waals surface area (Å²) in [5.74, 6) is -0.359. The molecule has 1 aliphatic heterocycles. The van der Waals surface area contributed by atoms with E-state index in [9.17, 15) is 23.3 Å². The summed E-state index contributed by atoms with van der Waals surface area (Å²) in [5, 5.41) is 11.1. The number of non-ortho nitro benzene ring substituents is 1. The highest BCUT2D eigenvalue weighted by atomic mass is 79.9. The van der Waals surface area contributed by atoms with Crippen LogP contribution in [0.2, 0.25) is 0 Å². The number of halogens is 1. The van der Waals surface area contributed by atoms with Crippen molar-refractivity contribution in [1.29, 1.82) is 0 Å². The van der Waals surface area contributed by atoms with Crippen molar-refractivity contribution in [3.63, 3.8) is 0 Å². The van der Waals surface area contributed by atoms with Gasteiger partial charge in [0.05, 0.1) is 15.4 Å². The van der Waals surface area contributed by atoms with E-state index in [4.69, 9.17) is 0 Å². The molecule has 160 valence electrons. The van der Waals surface area contributed by atoms with Crippen LogP contribution in [0.4, 0.5) is 11.4 Å². The molecule has 3 rings (SSSR count). The van der Waals surface area contributed by atoms with Crippen LogP contribution in [0.15, 0.2) is 51.8 Å². The van der Waals surface area contributed by atoms with Gasteiger partial charge in [0.25, 0.3) is 11.6 Å². The number of hydrogen-bond donors (Lipinski definition) is 0. The van der Waals surface area contributed by atoms with E-state index in [0.717, 1.165) is 0 Å². The van der Waals surface area contributed by atoms with Gasteiger partial charge in [0.15, 0.2) is 0 Å². The zero-order chi connectivity index (χ0) is 22.1. The van der Waals surface area contributed by atoms with Crippen molar-refractivity contribution in [1.82, 2.24) is 9.21 Å². The van der Waals surface area contributed by atoms with Gasteiger partial charge in [0.2, 0.25) is 10.0 Å². The monoisotopic (exact) mass is 496 g/mol. The number of amides is 1. The number of sulfonamides is 1. The van der Waals surface area contributed by atoms with Gasteiger partial charge in [-0.1, -0.05) is 22.0 Å². The average molecular weight is 497 g/mol. The largest absolute Gasteiger partial charge is 0.377 e. The Morgan fingerprint density at radius 2 is 1.77 bits per heavy atom. The lowest BCUT2D eigenvalue weighted by atomic mass is 10.1. The summed E-state index contributed by atoms with van der Waals surface area (Å²) >= 11 is 3.28. The number of carbonyl (C=O) groups is 1. The predicted octanol–water partition coefficient (Wildman–Crippen LogP) is 2.57. The van der Waals surface area contributed by atoms with Crippen molar-refractivity contribution in [2.24, 2.45) is 0 Å². The van der Waals surface area contributed by atoms with Gasteiger partial charge in [-0.15, -0.1) is 0 Å². The molecule has 1 saturated heterocycles. The Morgan fingerprint density at radius 1 is 1.10 bits per heavy atom. The van der Waals surface area contributed by atoms with E-state index in [-0.39, 0.29) is 48.2 Å². The Hall–Kier alpha value is -2.50. The quantitative estimate of drug-likeness (QED) is 0.465. The number of nitro groups is 1.